The molecule has 6 rings (SSSR count). The number of benzene rings is 3. The maximum absolute atomic E-state index is 13.6. The van der Waals surface area contributed by atoms with Crippen molar-refractivity contribution in [1.82, 2.24) is 0 Å². The molecule has 0 amide bonds. The molecule has 1 heterocycles. The minimum Gasteiger partial charge on any atom is -0.465 e. The molecule has 0 radical (unpaired) electrons. The molecule has 0 saturated heterocycles. The first-order valence-electron chi connectivity index (χ1n) is 24.8. The number of unbranched alkanes of at least 4 members (excludes halogenated alkanes) is 2. The number of thioether (sulfide) groups is 2. The lowest BCUT2D eigenvalue weighted by Gasteiger charge is -2.26. The summed E-state index contributed by atoms with van der Waals surface area (Å²) in [5.74, 6) is -4.79. The topological polar surface area (TPSA) is 239 Å². The molecule has 3 aromatic carbocycles. The number of nitriles is 1. The van der Waals surface area contributed by atoms with Crippen LogP contribution in [0, 0.1) is 41.6 Å². The molecule has 0 N–H and O–H groups in total. The molecular formula is C56H56N2O16S2. The first-order valence-corrected chi connectivity index (χ1v) is 26.4. The molecule has 0 atom stereocenters. The van der Waals surface area contributed by atoms with Crippen LogP contribution >= 0.6 is 23.5 Å². The van der Waals surface area contributed by atoms with Crippen molar-refractivity contribution < 1.29 is 76.3 Å². The molecule has 3 aliphatic rings. The van der Waals surface area contributed by atoms with Gasteiger partial charge in [0.15, 0.2) is 0 Å². The van der Waals surface area contributed by atoms with Crippen LogP contribution in [-0.2, 0) is 70.1 Å². The lowest BCUT2D eigenvalue weighted by Crippen LogP contribution is -2.30. The smallest absolute Gasteiger partial charge is 0.330 e. The average Bonchev–Trinajstić information content (AvgIpc) is 3.89. The largest absolute Gasteiger partial charge is 0.465 e. The summed E-state index contributed by atoms with van der Waals surface area (Å²) in [4.78, 5) is 104. The van der Waals surface area contributed by atoms with E-state index in [-0.39, 0.29) is 56.5 Å². The zero-order valence-electron chi connectivity index (χ0n) is 41.6. The van der Waals surface area contributed by atoms with E-state index in [2.05, 4.69) is 18.0 Å². The molecule has 2 fully saturated rings. The molecule has 2 aliphatic carbocycles. The van der Waals surface area contributed by atoms with Crippen LogP contribution in [0.1, 0.15) is 88.2 Å². The van der Waals surface area contributed by atoms with Crippen molar-refractivity contribution in [3.8, 4) is 29.1 Å². The fourth-order valence-electron chi connectivity index (χ4n) is 8.24. The predicted octanol–water partition coefficient (Wildman–Crippen LogP) is 9.32. The number of hydrogen-bond donors (Lipinski definition) is 0. The van der Waals surface area contributed by atoms with Crippen molar-refractivity contribution in [2.75, 3.05) is 26.4 Å². The van der Waals surface area contributed by atoms with E-state index < -0.39 is 71.4 Å². The van der Waals surface area contributed by atoms with Crippen LogP contribution in [-0.4, -0.2) is 74.2 Å². The van der Waals surface area contributed by atoms with Crippen LogP contribution in [0.4, 0.5) is 0 Å². The van der Waals surface area contributed by atoms with Crippen molar-refractivity contribution in [2.24, 2.45) is 23.7 Å². The lowest BCUT2D eigenvalue weighted by atomic mass is 9.82. The Hall–Kier alpha value is -7.68. The number of hydrogen-bond acceptors (Lipinski definition) is 19. The molecule has 76 heavy (non-hydrogen) atoms. The Kier molecular flexibility index (Phi) is 22.3. The van der Waals surface area contributed by atoms with Gasteiger partial charge in [0.1, 0.15) is 23.0 Å². The first-order chi connectivity index (χ1) is 36.8. The molecule has 0 unspecified atom stereocenters. The van der Waals surface area contributed by atoms with E-state index in [1.165, 1.54) is 12.1 Å². The normalized spacial score (nSPS) is 17.4. The zero-order chi connectivity index (χ0) is 54.4. The number of fused-ring (bicyclic) bond motifs is 1. The fourth-order valence-corrected chi connectivity index (χ4v) is 10.7. The number of carbonyl (C=O) groups excluding carboxylic acids is 8. The summed E-state index contributed by atoms with van der Waals surface area (Å²) < 4.78 is 43.7. The summed E-state index contributed by atoms with van der Waals surface area (Å²) in [6.07, 6.45) is 7.28. The number of rotatable bonds is 24. The summed E-state index contributed by atoms with van der Waals surface area (Å²) >= 11 is 2.13. The minimum absolute atomic E-state index is 0.0244. The van der Waals surface area contributed by atoms with E-state index in [4.69, 9.17) is 44.5 Å². The Bertz CT molecular complexity index is 2580. The second-order valence-electron chi connectivity index (χ2n) is 17.8. The van der Waals surface area contributed by atoms with Gasteiger partial charge in [0.25, 0.3) is 5.70 Å². The van der Waals surface area contributed by atoms with E-state index >= 15 is 0 Å². The molecule has 1 aliphatic heterocycles. The third kappa shape index (κ3) is 17.5. The monoisotopic (exact) mass is 1080 g/mol. The molecule has 20 heteroatoms. The second-order valence-corrected chi connectivity index (χ2v) is 20.1. The lowest BCUT2D eigenvalue weighted by molar-refractivity contribution is -0.145. The van der Waals surface area contributed by atoms with Crippen LogP contribution in [0.25, 0.3) is 4.85 Å². The fraction of sp³-hybridized carbons (Fsp3) is 0.393. The van der Waals surface area contributed by atoms with Crippen LogP contribution in [0.5, 0.6) is 23.0 Å². The van der Waals surface area contributed by atoms with Crippen molar-refractivity contribution >= 4 is 71.3 Å². The van der Waals surface area contributed by atoms with Gasteiger partial charge in [-0.3, -0.25) is 28.8 Å². The van der Waals surface area contributed by atoms with Gasteiger partial charge in [-0.15, -0.1) is 0 Å². The highest BCUT2D eigenvalue weighted by Gasteiger charge is 2.37. The Balaban J connectivity index is 0.937. The quantitative estimate of drug-likeness (QED) is 0.0154. The standard InChI is InChI=1S/C56H56N2O16S2/c1-4-46(59)67-28-6-8-30-69-48(61)32-35-10-22-41(23-11-35)71-52(63)37-14-18-39(19-15-37)54(65)73-44-26-27-45(51-50(44)75-56(76-51)43(34-57)58-3)74-55(66)40-20-16-38(17-21-40)53(64)72-42-24-12-36(13-25-42)33-49(62)70-31-9-7-29-68-47(60)5-2/h4-5,10-13,22-27,37-40H,1-2,6-9,14-21,28-33H2. The maximum Gasteiger partial charge on any atom is 0.330 e. The predicted molar refractivity (Wildman–Crippen MR) is 274 cm³/mol. The zero-order valence-corrected chi connectivity index (χ0v) is 43.3. The Morgan fingerprint density at radius 2 is 0.855 bits per heavy atom. The third-order valence-electron chi connectivity index (χ3n) is 12.5. The van der Waals surface area contributed by atoms with Gasteiger partial charge < -0.3 is 37.9 Å². The van der Waals surface area contributed by atoms with Gasteiger partial charge in [-0.05, 0) is 125 Å². The van der Waals surface area contributed by atoms with E-state index in [0.29, 0.717) is 114 Å². The van der Waals surface area contributed by atoms with Crippen molar-refractivity contribution in [1.29, 1.82) is 5.26 Å². The summed E-state index contributed by atoms with van der Waals surface area (Å²) in [6, 6.07) is 18.0. The SMILES string of the molecule is [C-]#[N+]C(C#N)=C1Sc2c(OC(=O)C3CCC(C(=O)Oc4ccc(CC(=O)OCCCCOC(=O)C=C)cc4)CC3)ccc(OC(=O)C3CCC(C(=O)Oc4ccc(CC(=O)OCCCCOC(=O)C=C)cc4)CC3)c2S1. The summed E-state index contributed by atoms with van der Waals surface area (Å²) in [5.41, 5.74) is 1.16. The molecule has 2 saturated carbocycles. The Labute approximate surface area is 448 Å². The van der Waals surface area contributed by atoms with Gasteiger partial charge in [0.05, 0.1) is 89.6 Å². The van der Waals surface area contributed by atoms with Gasteiger partial charge in [-0.1, -0.05) is 60.9 Å². The van der Waals surface area contributed by atoms with E-state index in [1.54, 1.807) is 48.5 Å². The first kappa shape index (κ1) is 57.6. The molecule has 18 nitrogen and oxygen atoms in total. The average molecular weight is 1080 g/mol. The maximum atomic E-state index is 13.6. The van der Waals surface area contributed by atoms with Crippen LogP contribution < -0.4 is 18.9 Å². The van der Waals surface area contributed by atoms with Crippen molar-refractivity contribution in [2.45, 2.75) is 99.7 Å². The number of esters is 8. The van der Waals surface area contributed by atoms with Gasteiger partial charge in [-0.25, -0.2) is 19.7 Å². The molecule has 0 spiro atoms. The summed E-state index contributed by atoms with van der Waals surface area (Å²) in [6.45, 7) is 15.0. The van der Waals surface area contributed by atoms with Gasteiger partial charge in [0.2, 0.25) is 0 Å². The highest BCUT2D eigenvalue weighted by molar-refractivity contribution is 8.24. The Morgan fingerprint density at radius 3 is 1.17 bits per heavy atom. The van der Waals surface area contributed by atoms with Gasteiger partial charge in [0, 0.05) is 12.2 Å². The Morgan fingerprint density at radius 1 is 0.526 bits per heavy atom. The summed E-state index contributed by atoms with van der Waals surface area (Å²) in [7, 11) is 0. The van der Waals surface area contributed by atoms with Crippen molar-refractivity contribution in [3.63, 3.8) is 0 Å². The molecule has 398 valence electrons. The molecule has 0 bridgehead atoms. The van der Waals surface area contributed by atoms with Crippen LogP contribution in [0.3, 0.4) is 0 Å². The molecule has 3 aromatic rings. The second kappa shape index (κ2) is 29.4. The highest BCUT2D eigenvalue weighted by Crippen LogP contribution is 2.59. The van der Waals surface area contributed by atoms with Crippen LogP contribution in [0.15, 0.2) is 106 Å². The van der Waals surface area contributed by atoms with Gasteiger partial charge in [-0.2, -0.15) is 0 Å². The van der Waals surface area contributed by atoms with Crippen molar-refractivity contribution in [3.05, 3.63) is 118 Å². The molecule has 0 aromatic heterocycles. The molecular weight excluding hydrogens is 1020 g/mol. The van der Waals surface area contributed by atoms with E-state index in [0.717, 1.165) is 35.7 Å². The minimum atomic E-state index is -0.527. The highest BCUT2D eigenvalue weighted by atomic mass is 32.2. The van der Waals surface area contributed by atoms with E-state index in [1.807, 2.05) is 6.07 Å². The third-order valence-corrected chi connectivity index (χ3v) is 15.1. The van der Waals surface area contributed by atoms with E-state index in [9.17, 15) is 43.6 Å². The number of allylic oxidation sites excluding steroid dienone is 1. The number of ether oxygens (including phenoxy) is 8. The number of carbonyl (C=O) groups is 8. The van der Waals surface area contributed by atoms with Crippen LogP contribution in [0.2, 0.25) is 0 Å². The summed E-state index contributed by atoms with van der Waals surface area (Å²) in [5, 5.41) is 9.68. The van der Waals surface area contributed by atoms with Gasteiger partial charge >= 0.3 is 47.8 Å². The number of nitrogens with zero attached hydrogens (tertiary/aromatic N) is 2.